The molecule has 0 radical (unpaired) electrons. The summed E-state index contributed by atoms with van der Waals surface area (Å²) in [5.41, 5.74) is 9.64. The first-order valence-electron chi connectivity index (χ1n) is 17.0. The van der Waals surface area contributed by atoms with Crippen LogP contribution in [0.4, 0.5) is 11.4 Å². The van der Waals surface area contributed by atoms with E-state index in [1.807, 2.05) is 11.3 Å². The zero-order valence-corrected chi connectivity index (χ0v) is 27.7. The summed E-state index contributed by atoms with van der Waals surface area (Å²) in [4.78, 5) is 2.52. The van der Waals surface area contributed by atoms with Crippen molar-refractivity contribution in [2.45, 2.75) is 12.8 Å². The third-order valence-corrected chi connectivity index (χ3v) is 11.1. The molecule has 7 aromatic carbocycles. The van der Waals surface area contributed by atoms with Gasteiger partial charge in [0.25, 0.3) is 0 Å². The number of aromatic nitrogens is 1. The quantitative estimate of drug-likeness (QED) is 0.181. The van der Waals surface area contributed by atoms with Crippen LogP contribution in [0.1, 0.15) is 18.4 Å². The van der Waals surface area contributed by atoms with Gasteiger partial charge in [0, 0.05) is 59.0 Å². The normalized spacial score (nSPS) is 13.4. The Labute approximate surface area is 289 Å². The molecule has 3 heteroatoms. The molecular formula is C46H32N2S. The Morgan fingerprint density at radius 3 is 2.06 bits per heavy atom. The second-order valence-corrected chi connectivity index (χ2v) is 13.9. The number of rotatable bonds is 5. The Balaban J connectivity index is 1.28. The van der Waals surface area contributed by atoms with Crippen molar-refractivity contribution in [2.24, 2.45) is 0 Å². The Bertz CT molecular complexity index is 2760. The molecule has 2 heterocycles. The van der Waals surface area contributed by atoms with E-state index in [4.69, 9.17) is 0 Å². The van der Waals surface area contributed by atoms with Gasteiger partial charge in [0.05, 0.1) is 16.7 Å². The zero-order valence-electron chi connectivity index (χ0n) is 26.9. The summed E-state index contributed by atoms with van der Waals surface area (Å²) < 4.78 is 5.07. The molecule has 2 aromatic heterocycles. The summed E-state index contributed by atoms with van der Waals surface area (Å²) in [5.74, 6) is 0. The van der Waals surface area contributed by atoms with Gasteiger partial charge >= 0.3 is 0 Å². The molecule has 0 fully saturated rings. The number of hydrogen-bond donors (Lipinski definition) is 0. The molecule has 0 saturated carbocycles. The van der Waals surface area contributed by atoms with Crippen molar-refractivity contribution in [3.8, 4) is 5.69 Å². The lowest BCUT2D eigenvalue weighted by atomic mass is 9.93. The van der Waals surface area contributed by atoms with E-state index in [-0.39, 0.29) is 0 Å². The van der Waals surface area contributed by atoms with E-state index in [1.165, 1.54) is 75.3 Å². The van der Waals surface area contributed by atoms with Gasteiger partial charge in [0.15, 0.2) is 0 Å². The fourth-order valence-electron chi connectivity index (χ4n) is 7.88. The molecule has 9 aromatic rings. The molecule has 1 aliphatic rings. The van der Waals surface area contributed by atoms with Crippen molar-refractivity contribution in [3.63, 3.8) is 0 Å². The van der Waals surface area contributed by atoms with Crippen LogP contribution in [0.25, 0.3) is 64.0 Å². The minimum absolute atomic E-state index is 0.999. The highest BCUT2D eigenvalue weighted by atomic mass is 32.1. The van der Waals surface area contributed by atoms with Gasteiger partial charge in [-0.05, 0) is 72.3 Å². The number of benzene rings is 7. The van der Waals surface area contributed by atoms with Crippen LogP contribution in [-0.4, -0.2) is 4.57 Å². The van der Waals surface area contributed by atoms with E-state index in [1.54, 1.807) is 0 Å². The summed E-state index contributed by atoms with van der Waals surface area (Å²) >= 11 is 1.88. The predicted molar refractivity (Wildman–Crippen MR) is 211 cm³/mol. The fourth-order valence-corrected chi connectivity index (χ4v) is 9.00. The highest BCUT2D eigenvalue weighted by Gasteiger charge is 2.25. The highest BCUT2D eigenvalue weighted by molar-refractivity contribution is 7.26. The Hall–Kier alpha value is -5.90. The molecule has 0 N–H and O–H groups in total. The van der Waals surface area contributed by atoms with Gasteiger partial charge in [-0.25, -0.2) is 0 Å². The molecule has 49 heavy (non-hydrogen) atoms. The SMILES string of the molecule is C1=C(c2ccccc2)C(N(c2ccc3c4ccccc4n(-c4ccccc4)c3c2)c2cccc3c2ccc2sc4ccccc4c23)=CCC1. The maximum Gasteiger partial charge on any atom is 0.0561 e. The van der Waals surface area contributed by atoms with Gasteiger partial charge in [0.1, 0.15) is 0 Å². The maximum absolute atomic E-state index is 2.52. The molecule has 10 rings (SSSR count). The molecule has 0 unspecified atom stereocenters. The summed E-state index contributed by atoms with van der Waals surface area (Å²) in [6.07, 6.45) is 6.89. The van der Waals surface area contributed by atoms with Crippen molar-refractivity contribution < 1.29 is 0 Å². The van der Waals surface area contributed by atoms with Gasteiger partial charge in [-0.2, -0.15) is 0 Å². The van der Waals surface area contributed by atoms with Crippen LogP contribution in [-0.2, 0) is 0 Å². The van der Waals surface area contributed by atoms with E-state index in [2.05, 4.69) is 179 Å². The topological polar surface area (TPSA) is 8.17 Å². The monoisotopic (exact) mass is 644 g/mol. The first-order valence-corrected chi connectivity index (χ1v) is 17.8. The van der Waals surface area contributed by atoms with Gasteiger partial charge in [0.2, 0.25) is 0 Å². The molecule has 0 spiro atoms. The summed E-state index contributed by atoms with van der Waals surface area (Å²) in [6, 6.07) is 57.8. The smallest absolute Gasteiger partial charge is 0.0561 e. The second-order valence-electron chi connectivity index (χ2n) is 12.8. The van der Waals surface area contributed by atoms with Crippen LogP contribution in [0, 0.1) is 0 Å². The van der Waals surface area contributed by atoms with Crippen LogP contribution in [0.15, 0.2) is 176 Å². The Morgan fingerprint density at radius 1 is 0.490 bits per heavy atom. The molecule has 2 nitrogen and oxygen atoms in total. The fraction of sp³-hybridized carbons (Fsp3) is 0.0435. The average Bonchev–Trinajstić information content (AvgIpc) is 3.72. The molecule has 1 aliphatic carbocycles. The number of anilines is 2. The van der Waals surface area contributed by atoms with E-state index in [0.717, 1.165) is 24.2 Å². The van der Waals surface area contributed by atoms with Crippen LogP contribution >= 0.6 is 11.3 Å². The number of thiophene rings is 1. The van der Waals surface area contributed by atoms with Crippen LogP contribution in [0.3, 0.4) is 0 Å². The molecule has 0 aliphatic heterocycles. The minimum atomic E-state index is 0.999. The summed E-state index contributed by atoms with van der Waals surface area (Å²) in [7, 11) is 0. The molecular weight excluding hydrogens is 613 g/mol. The van der Waals surface area contributed by atoms with Crippen molar-refractivity contribution in [3.05, 3.63) is 181 Å². The van der Waals surface area contributed by atoms with E-state index in [9.17, 15) is 0 Å². The third kappa shape index (κ3) is 4.47. The first kappa shape index (κ1) is 28.1. The van der Waals surface area contributed by atoms with E-state index < -0.39 is 0 Å². The van der Waals surface area contributed by atoms with E-state index in [0.29, 0.717) is 0 Å². The van der Waals surface area contributed by atoms with Crippen LogP contribution < -0.4 is 4.90 Å². The molecule has 0 atom stereocenters. The highest BCUT2D eigenvalue weighted by Crippen LogP contribution is 2.46. The number of nitrogens with zero attached hydrogens (tertiary/aromatic N) is 2. The van der Waals surface area contributed by atoms with Crippen LogP contribution in [0.2, 0.25) is 0 Å². The third-order valence-electron chi connectivity index (χ3n) is 10.0. The Morgan fingerprint density at radius 2 is 1.18 bits per heavy atom. The number of allylic oxidation sites excluding steroid dienone is 3. The molecule has 232 valence electrons. The number of hydrogen-bond acceptors (Lipinski definition) is 2. The maximum atomic E-state index is 2.52. The zero-order chi connectivity index (χ0) is 32.3. The number of para-hydroxylation sites is 2. The van der Waals surface area contributed by atoms with Gasteiger partial charge in [-0.1, -0.05) is 121 Å². The van der Waals surface area contributed by atoms with Crippen molar-refractivity contribution in [1.82, 2.24) is 4.57 Å². The lowest BCUT2D eigenvalue weighted by Crippen LogP contribution is -2.19. The Kier molecular flexibility index (Phi) is 6.53. The first-order chi connectivity index (χ1) is 24.3. The summed E-state index contributed by atoms with van der Waals surface area (Å²) in [5, 5.41) is 7.73. The van der Waals surface area contributed by atoms with Crippen molar-refractivity contribution in [2.75, 3.05) is 4.90 Å². The predicted octanol–water partition coefficient (Wildman–Crippen LogP) is 13.2. The van der Waals surface area contributed by atoms with Gasteiger partial charge in [-0.15, -0.1) is 11.3 Å². The molecule has 0 saturated heterocycles. The summed E-state index contributed by atoms with van der Waals surface area (Å²) in [6.45, 7) is 0. The minimum Gasteiger partial charge on any atom is -0.310 e. The standard InChI is InChI=1S/C46H32N2S/c1-3-14-31(15-4-1)34-18-7-10-22-40(34)48(42-24-13-21-38-37(42)28-29-45-46(38)39-20-9-12-25-44(39)49-45)33-26-27-36-35-19-8-11-23-41(35)47(43(36)30-33)32-16-5-2-6-17-32/h1-6,8-9,11-30H,7,10H2. The molecule has 0 amide bonds. The lowest BCUT2D eigenvalue weighted by molar-refractivity contribution is 1.01. The largest absolute Gasteiger partial charge is 0.310 e. The number of fused-ring (bicyclic) bond motifs is 8. The molecule has 0 bridgehead atoms. The van der Waals surface area contributed by atoms with Gasteiger partial charge in [-0.3, -0.25) is 0 Å². The van der Waals surface area contributed by atoms with Crippen molar-refractivity contribution in [1.29, 1.82) is 0 Å². The lowest BCUT2D eigenvalue weighted by Gasteiger charge is -2.32. The average molecular weight is 645 g/mol. The van der Waals surface area contributed by atoms with E-state index >= 15 is 0 Å². The second kappa shape index (κ2) is 11.4. The van der Waals surface area contributed by atoms with Gasteiger partial charge < -0.3 is 9.47 Å². The van der Waals surface area contributed by atoms with Crippen LogP contribution in [0.5, 0.6) is 0 Å². The van der Waals surface area contributed by atoms with Crippen molar-refractivity contribution >= 4 is 81.0 Å².